The number of hydrogen-bond donors (Lipinski definition) is 1. The van der Waals surface area contributed by atoms with E-state index < -0.39 is 10.0 Å². The Kier molecular flexibility index (Phi) is 5.44. The van der Waals surface area contributed by atoms with Crippen LogP contribution in [0.25, 0.3) is 5.82 Å². The highest BCUT2D eigenvalue weighted by molar-refractivity contribution is 7.91. The van der Waals surface area contributed by atoms with E-state index in [1.807, 2.05) is 25.1 Å². The third kappa shape index (κ3) is 5.00. The van der Waals surface area contributed by atoms with E-state index in [1.165, 1.54) is 6.33 Å². The zero-order valence-electron chi connectivity index (χ0n) is 16.1. The molecule has 0 bridgehead atoms. The molecule has 0 spiro atoms. The van der Waals surface area contributed by atoms with Crippen molar-refractivity contribution in [2.45, 2.75) is 12.7 Å². The van der Waals surface area contributed by atoms with Gasteiger partial charge in [-0.3, -0.25) is 9.29 Å². The molecule has 0 amide bonds. The standard InChI is InChI=1S/C21H19N5O3S/c1-16-3-2-4-17(11-16)13-30(27,28)25-18-5-7-19(8-6-18)29-21-12-20(23-14-24-21)26-10-9-22-15-26/h2-12,14-15,25H,13H2,1H3. The number of anilines is 1. The first-order valence-corrected chi connectivity index (χ1v) is 10.8. The van der Waals surface area contributed by atoms with E-state index in [-0.39, 0.29) is 5.75 Å². The fourth-order valence-electron chi connectivity index (χ4n) is 2.87. The average Bonchev–Trinajstić information content (AvgIpc) is 3.24. The number of nitrogens with zero attached hydrogens (tertiary/aromatic N) is 4. The SMILES string of the molecule is Cc1cccc(CS(=O)(=O)Nc2ccc(Oc3cc(-n4ccnc4)ncn3)cc2)c1. The second-order valence-corrected chi connectivity index (χ2v) is 8.38. The van der Waals surface area contributed by atoms with Gasteiger partial charge in [0, 0.05) is 24.1 Å². The Morgan fingerprint density at radius 2 is 1.90 bits per heavy atom. The van der Waals surface area contributed by atoms with Crippen LogP contribution in [0.3, 0.4) is 0 Å². The van der Waals surface area contributed by atoms with E-state index in [9.17, 15) is 8.42 Å². The molecule has 4 aromatic rings. The summed E-state index contributed by atoms with van der Waals surface area (Å²) in [5.74, 6) is 1.41. The van der Waals surface area contributed by atoms with Crippen LogP contribution in [-0.4, -0.2) is 27.9 Å². The lowest BCUT2D eigenvalue weighted by molar-refractivity contribution is 0.461. The zero-order valence-corrected chi connectivity index (χ0v) is 17.0. The number of aryl methyl sites for hydroxylation is 1. The smallest absolute Gasteiger partial charge is 0.236 e. The first kappa shape index (κ1) is 19.6. The molecule has 0 fully saturated rings. The van der Waals surface area contributed by atoms with Crippen LogP contribution < -0.4 is 9.46 Å². The lowest BCUT2D eigenvalue weighted by Crippen LogP contribution is -2.15. The summed E-state index contributed by atoms with van der Waals surface area (Å²) < 4.78 is 35.0. The summed E-state index contributed by atoms with van der Waals surface area (Å²) in [5, 5.41) is 0. The molecule has 2 aromatic heterocycles. The molecular formula is C21H19N5O3S. The van der Waals surface area contributed by atoms with Crippen molar-refractivity contribution in [1.29, 1.82) is 0 Å². The van der Waals surface area contributed by atoms with Gasteiger partial charge in [0.05, 0.1) is 5.75 Å². The van der Waals surface area contributed by atoms with Gasteiger partial charge in [0.15, 0.2) is 0 Å². The molecular weight excluding hydrogens is 402 g/mol. The molecule has 8 nitrogen and oxygen atoms in total. The molecule has 0 aliphatic heterocycles. The van der Waals surface area contributed by atoms with Crippen molar-refractivity contribution in [3.63, 3.8) is 0 Å². The van der Waals surface area contributed by atoms with Crippen molar-refractivity contribution < 1.29 is 13.2 Å². The number of imidazole rings is 1. The summed E-state index contributed by atoms with van der Waals surface area (Å²) in [6, 6.07) is 15.7. The average molecular weight is 421 g/mol. The monoisotopic (exact) mass is 421 g/mol. The van der Waals surface area contributed by atoms with Crippen LogP contribution in [-0.2, 0) is 15.8 Å². The Balaban J connectivity index is 1.42. The highest BCUT2D eigenvalue weighted by Crippen LogP contribution is 2.23. The third-order valence-electron chi connectivity index (χ3n) is 4.19. The largest absolute Gasteiger partial charge is 0.439 e. The van der Waals surface area contributed by atoms with Gasteiger partial charge in [-0.2, -0.15) is 0 Å². The number of nitrogens with one attached hydrogen (secondary N) is 1. The predicted octanol–water partition coefficient (Wildman–Crippen LogP) is 3.70. The molecule has 0 saturated carbocycles. The molecule has 2 aromatic carbocycles. The summed E-state index contributed by atoms with van der Waals surface area (Å²) in [4.78, 5) is 12.3. The predicted molar refractivity (Wildman–Crippen MR) is 113 cm³/mol. The first-order valence-electron chi connectivity index (χ1n) is 9.11. The Bertz CT molecular complexity index is 1240. The molecule has 152 valence electrons. The van der Waals surface area contributed by atoms with E-state index in [4.69, 9.17) is 4.74 Å². The lowest BCUT2D eigenvalue weighted by Gasteiger charge is -2.10. The second kappa shape index (κ2) is 8.34. The topological polar surface area (TPSA) is 99.0 Å². The molecule has 0 unspecified atom stereocenters. The zero-order chi connectivity index (χ0) is 21.0. The fourth-order valence-corrected chi connectivity index (χ4v) is 4.06. The minimum Gasteiger partial charge on any atom is -0.439 e. The minimum absolute atomic E-state index is 0.0924. The quantitative estimate of drug-likeness (QED) is 0.488. The van der Waals surface area contributed by atoms with E-state index in [0.29, 0.717) is 23.1 Å². The number of rotatable bonds is 7. The molecule has 0 aliphatic rings. The minimum atomic E-state index is -3.53. The van der Waals surface area contributed by atoms with Gasteiger partial charge in [-0.25, -0.2) is 23.4 Å². The number of benzene rings is 2. The van der Waals surface area contributed by atoms with Crippen LogP contribution in [0.5, 0.6) is 11.6 Å². The van der Waals surface area contributed by atoms with Gasteiger partial charge in [-0.1, -0.05) is 29.8 Å². The molecule has 1 N–H and O–H groups in total. The van der Waals surface area contributed by atoms with Gasteiger partial charge in [-0.05, 0) is 36.8 Å². The van der Waals surface area contributed by atoms with Gasteiger partial charge in [-0.15, -0.1) is 0 Å². The van der Waals surface area contributed by atoms with Crippen molar-refractivity contribution in [3.8, 4) is 17.4 Å². The maximum atomic E-state index is 12.4. The van der Waals surface area contributed by atoms with Crippen molar-refractivity contribution in [3.05, 3.63) is 90.8 Å². The fraction of sp³-hybridized carbons (Fsp3) is 0.0952. The van der Waals surface area contributed by atoms with Crippen molar-refractivity contribution in [2.24, 2.45) is 0 Å². The van der Waals surface area contributed by atoms with E-state index in [0.717, 1.165) is 11.1 Å². The molecule has 2 heterocycles. The van der Waals surface area contributed by atoms with E-state index in [1.54, 1.807) is 59.7 Å². The summed E-state index contributed by atoms with van der Waals surface area (Å²) in [7, 11) is -3.53. The highest BCUT2D eigenvalue weighted by Gasteiger charge is 2.12. The van der Waals surface area contributed by atoms with Gasteiger partial charge < -0.3 is 4.74 Å². The highest BCUT2D eigenvalue weighted by atomic mass is 32.2. The van der Waals surface area contributed by atoms with Crippen LogP contribution in [0.2, 0.25) is 0 Å². The molecule has 0 saturated heterocycles. The van der Waals surface area contributed by atoms with Crippen molar-refractivity contribution in [1.82, 2.24) is 19.5 Å². The Labute approximate surface area is 174 Å². The van der Waals surface area contributed by atoms with Gasteiger partial charge >= 0.3 is 0 Å². The van der Waals surface area contributed by atoms with Crippen LogP contribution in [0.15, 0.2) is 79.6 Å². The summed E-state index contributed by atoms with van der Waals surface area (Å²) >= 11 is 0. The van der Waals surface area contributed by atoms with Gasteiger partial charge in [0.2, 0.25) is 15.9 Å². The van der Waals surface area contributed by atoms with Crippen LogP contribution in [0.1, 0.15) is 11.1 Å². The van der Waals surface area contributed by atoms with Crippen molar-refractivity contribution >= 4 is 15.7 Å². The summed E-state index contributed by atoms with van der Waals surface area (Å²) in [5.41, 5.74) is 2.21. The Hall–Kier alpha value is -3.72. The maximum Gasteiger partial charge on any atom is 0.236 e. The number of ether oxygens (including phenoxy) is 1. The Morgan fingerprint density at radius 3 is 2.63 bits per heavy atom. The molecule has 9 heteroatoms. The normalized spacial score (nSPS) is 11.2. The van der Waals surface area contributed by atoms with Gasteiger partial charge in [0.25, 0.3) is 0 Å². The molecule has 0 atom stereocenters. The molecule has 4 rings (SSSR count). The third-order valence-corrected chi connectivity index (χ3v) is 5.45. The number of hydrogen-bond acceptors (Lipinski definition) is 6. The Morgan fingerprint density at radius 1 is 1.07 bits per heavy atom. The second-order valence-electron chi connectivity index (χ2n) is 6.66. The van der Waals surface area contributed by atoms with Gasteiger partial charge in [0.1, 0.15) is 24.2 Å². The van der Waals surface area contributed by atoms with Crippen LogP contribution in [0.4, 0.5) is 5.69 Å². The molecule has 30 heavy (non-hydrogen) atoms. The molecule has 0 radical (unpaired) electrons. The summed E-state index contributed by atoms with van der Waals surface area (Å²) in [6.45, 7) is 1.93. The first-order chi connectivity index (χ1) is 14.5. The van der Waals surface area contributed by atoms with Crippen molar-refractivity contribution in [2.75, 3.05) is 4.72 Å². The van der Waals surface area contributed by atoms with E-state index >= 15 is 0 Å². The van der Waals surface area contributed by atoms with Crippen LogP contribution >= 0.6 is 0 Å². The lowest BCUT2D eigenvalue weighted by atomic mass is 10.2. The van der Waals surface area contributed by atoms with E-state index in [2.05, 4.69) is 19.7 Å². The number of aromatic nitrogens is 4. The van der Waals surface area contributed by atoms with Crippen LogP contribution in [0, 0.1) is 6.92 Å². The molecule has 0 aliphatic carbocycles. The maximum absolute atomic E-state index is 12.4. The number of sulfonamides is 1. The summed E-state index contributed by atoms with van der Waals surface area (Å²) in [6.07, 6.45) is 6.45.